The van der Waals surface area contributed by atoms with Crippen LogP contribution in [0, 0.1) is 0 Å². The molecule has 0 spiro atoms. The van der Waals surface area contributed by atoms with Gasteiger partial charge in [0, 0.05) is 12.0 Å². The zero-order valence-electron chi connectivity index (χ0n) is 14.1. The van der Waals surface area contributed by atoms with Crippen LogP contribution in [0.4, 0.5) is 0 Å². The second kappa shape index (κ2) is 6.93. The van der Waals surface area contributed by atoms with Gasteiger partial charge in [0.2, 0.25) is 0 Å². The van der Waals surface area contributed by atoms with Gasteiger partial charge in [-0.25, -0.2) is 0 Å². The molecule has 2 heteroatoms. The normalized spacial score (nSPS) is 19.0. The summed E-state index contributed by atoms with van der Waals surface area (Å²) >= 11 is 0. The highest BCUT2D eigenvalue weighted by Gasteiger charge is 2.34. The van der Waals surface area contributed by atoms with Crippen molar-refractivity contribution in [2.24, 2.45) is 0 Å². The zero-order valence-corrected chi connectivity index (χ0v) is 14.1. The monoisotopic (exact) mass is 289 g/mol. The highest BCUT2D eigenvalue weighted by molar-refractivity contribution is 5.25. The number of hydrogen-bond donors (Lipinski definition) is 1. The lowest BCUT2D eigenvalue weighted by Gasteiger charge is -2.44. The molecule has 1 unspecified atom stereocenters. The Hall–Kier alpha value is -0.860. The third-order valence-electron chi connectivity index (χ3n) is 5.06. The summed E-state index contributed by atoms with van der Waals surface area (Å²) in [6.07, 6.45) is 4.28. The molecule has 0 radical (unpaired) electrons. The van der Waals surface area contributed by atoms with Crippen LogP contribution in [0.5, 0.6) is 0 Å². The van der Waals surface area contributed by atoms with Crippen molar-refractivity contribution in [3.8, 4) is 0 Å². The molecule has 0 aliphatic carbocycles. The minimum Gasteiger partial charge on any atom is -0.391 e. The predicted octanol–water partition coefficient (Wildman–Crippen LogP) is 3.98. The van der Waals surface area contributed by atoms with Gasteiger partial charge in [-0.2, -0.15) is 0 Å². The first-order chi connectivity index (χ1) is 9.91. The van der Waals surface area contributed by atoms with E-state index in [0.717, 1.165) is 19.5 Å². The molecule has 2 rings (SSSR count). The Labute approximate surface area is 130 Å². The van der Waals surface area contributed by atoms with Crippen molar-refractivity contribution < 1.29 is 5.11 Å². The summed E-state index contributed by atoms with van der Waals surface area (Å²) < 4.78 is 0. The molecule has 1 aliphatic rings. The van der Waals surface area contributed by atoms with Crippen LogP contribution in [0.15, 0.2) is 24.3 Å². The molecule has 0 bridgehead atoms. The Morgan fingerprint density at radius 1 is 1.05 bits per heavy atom. The summed E-state index contributed by atoms with van der Waals surface area (Å²) in [5, 5.41) is 10.7. The second-order valence-corrected chi connectivity index (χ2v) is 7.32. The van der Waals surface area contributed by atoms with E-state index in [9.17, 15) is 5.11 Å². The highest BCUT2D eigenvalue weighted by atomic mass is 16.3. The van der Waals surface area contributed by atoms with Crippen molar-refractivity contribution in [1.82, 2.24) is 4.90 Å². The summed E-state index contributed by atoms with van der Waals surface area (Å²) in [5.41, 5.74) is 2.46. The molecule has 1 fully saturated rings. The van der Waals surface area contributed by atoms with Crippen LogP contribution < -0.4 is 0 Å². The smallest absolute Gasteiger partial charge is 0.0758 e. The van der Waals surface area contributed by atoms with E-state index < -0.39 is 0 Å². The minimum atomic E-state index is -0.319. The first kappa shape index (κ1) is 16.5. The maximum absolute atomic E-state index is 10.7. The van der Waals surface area contributed by atoms with E-state index >= 15 is 0 Å². The standard InChI is InChI=1S/C19H31NO/c1-15(2)17-10-8-16(9-11-17)14-18(21)19(3,4)20-12-6-5-7-13-20/h8-11,15,18,21H,5-7,12-14H2,1-4H3. The van der Waals surface area contributed by atoms with Crippen molar-refractivity contribution in [1.29, 1.82) is 0 Å². The van der Waals surface area contributed by atoms with Gasteiger partial charge in [0.25, 0.3) is 0 Å². The van der Waals surface area contributed by atoms with Gasteiger partial charge in [-0.15, -0.1) is 0 Å². The lowest BCUT2D eigenvalue weighted by Crippen LogP contribution is -2.54. The first-order valence-electron chi connectivity index (χ1n) is 8.43. The molecule has 118 valence electrons. The number of aliphatic hydroxyl groups is 1. The van der Waals surface area contributed by atoms with Crippen molar-refractivity contribution in [2.45, 2.75) is 70.9 Å². The maximum atomic E-state index is 10.7. The minimum absolute atomic E-state index is 0.142. The van der Waals surface area contributed by atoms with E-state index in [0.29, 0.717) is 5.92 Å². The number of rotatable bonds is 5. The Bertz CT molecular complexity index is 429. The molecule has 0 aromatic heterocycles. The highest BCUT2D eigenvalue weighted by Crippen LogP contribution is 2.26. The summed E-state index contributed by atoms with van der Waals surface area (Å²) in [4.78, 5) is 2.46. The SMILES string of the molecule is CC(C)c1ccc(CC(O)C(C)(C)N2CCCCC2)cc1. The van der Waals surface area contributed by atoms with Gasteiger partial charge in [0.05, 0.1) is 6.10 Å². The number of nitrogens with zero attached hydrogens (tertiary/aromatic N) is 1. The number of aliphatic hydroxyl groups excluding tert-OH is 1. The van der Waals surface area contributed by atoms with Gasteiger partial charge in [0.15, 0.2) is 0 Å². The van der Waals surface area contributed by atoms with Gasteiger partial charge in [-0.05, 0) is 56.8 Å². The molecule has 1 heterocycles. The molecule has 1 saturated heterocycles. The summed E-state index contributed by atoms with van der Waals surface area (Å²) in [6.45, 7) is 11.0. The first-order valence-corrected chi connectivity index (χ1v) is 8.43. The van der Waals surface area contributed by atoms with Gasteiger partial charge < -0.3 is 5.11 Å². The average molecular weight is 289 g/mol. The topological polar surface area (TPSA) is 23.5 Å². The van der Waals surface area contributed by atoms with E-state index in [1.54, 1.807) is 0 Å². The van der Waals surface area contributed by atoms with Crippen LogP contribution in [0.2, 0.25) is 0 Å². The Morgan fingerprint density at radius 2 is 1.62 bits per heavy atom. The number of benzene rings is 1. The Morgan fingerprint density at radius 3 is 2.14 bits per heavy atom. The molecular weight excluding hydrogens is 258 g/mol. The van der Waals surface area contributed by atoms with E-state index in [-0.39, 0.29) is 11.6 Å². The molecule has 0 amide bonds. The van der Waals surface area contributed by atoms with Crippen LogP contribution in [0.25, 0.3) is 0 Å². The largest absolute Gasteiger partial charge is 0.391 e. The van der Waals surface area contributed by atoms with Crippen molar-refractivity contribution in [2.75, 3.05) is 13.1 Å². The molecule has 1 aromatic carbocycles. The number of piperidine rings is 1. The fourth-order valence-electron chi connectivity index (χ4n) is 3.19. The van der Waals surface area contributed by atoms with Crippen molar-refractivity contribution >= 4 is 0 Å². The fourth-order valence-corrected chi connectivity index (χ4v) is 3.19. The van der Waals surface area contributed by atoms with Crippen molar-refractivity contribution in [3.05, 3.63) is 35.4 Å². The second-order valence-electron chi connectivity index (χ2n) is 7.32. The molecule has 1 N–H and O–H groups in total. The van der Waals surface area contributed by atoms with Crippen LogP contribution in [0.3, 0.4) is 0 Å². The molecule has 1 atom stereocenters. The Balaban J connectivity index is 2.00. The van der Waals surface area contributed by atoms with Crippen LogP contribution in [-0.4, -0.2) is 34.7 Å². The van der Waals surface area contributed by atoms with E-state index in [2.05, 4.69) is 56.9 Å². The van der Waals surface area contributed by atoms with E-state index in [4.69, 9.17) is 0 Å². The molecular formula is C19H31NO. The summed E-state index contributed by atoms with van der Waals surface area (Å²) in [7, 11) is 0. The maximum Gasteiger partial charge on any atom is 0.0758 e. The van der Waals surface area contributed by atoms with Gasteiger partial charge in [-0.1, -0.05) is 44.5 Å². The fraction of sp³-hybridized carbons (Fsp3) is 0.684. The van der Waals surface area contributed by atoms with E-state index in [1.165, 1.54) is 30.4 Å². The third-order valence-corrected chi connectivity index (χ3v) is 5.06. The van der Waals surface area contributed by atoms with Gasteiger partial charge >= 0.3 is 0 Å². The van der Waals surface area contributed by atoms with Crippen molar-refractivity contribution in [3.63, 3.8) is 0 Å². The zero-order chi connectivity index (χ0) is 15.5. The molecule has 21 heavy (non-hydrogen) atoms. The lowest BCUT2D eigenvalue weighted by molar-refractivity contribution is -0.0187. The van der Waals surface area contributed by atoms with Gasteiger partial charge in [-0.3, -0.25) is 4.90 Å². The predicted molar refractivity (Wildman–Crippen MR) is 89.7 cm³/mol. The average Bonchev–Trinajstić information content (AvgIpc) is 2.48. The van der Waals surface area contributed by atoms with Crippen LogP contribution >= 0.6 is 0 Å². The number of likely N-dealkylation sites (tertiary alicyclic amines) is 1. The number of hydrogen-bond acceptors (Lipinski definition) is 2. The molecule has 2 nitrogen and oxygen atoms in total. The quantitative estimate of drug-likeness (QED) is 0.886. The molecule has 1 aromatic rings. The third kappa shape index (κ3) is 4.08. The Kier molecular flexibility index (Phi) is 5.45. The van der Waals surface area contributed by atoms with Gasteiger partial charge in [0.1, 0.15) is 0 Å². The summed E-state index contributed by atoms with van der Waals surface area (Å²) in [5.74, 6) is 0.564. The lowest BCUT2D eigenvalue weighted by atomic mass is 9.88. The van der Waals surface area contributed by atoms with Crippen LogP contribution in [-0.2, 0) is 6.42 Å². The van der Waals surface area contributed by atoms with Crippen LogP contribution in [0.1, 0.15) is 64.0 Å². The van der Waals surface area contributed by atoms with E-state index in [1.807, 2.05) is 0 Å². The molecule has 1 aliphatic heterocycles. The molecule has 0 saturated carbocycles. The summed E-state index contributed by atoms with van der Waals surface area (Å²) in [6, 6.07) is 8.73.